The number of aryl methyl sites for hydroxylation is 1. The highest BCUT2D eigenvalue weighted by molar-refractivity contribution is 5.87. The molecular weight excluding hydrogens is 388 g/mol. The zero-order valence-corrected chi connectivity index (χ0v) is 16.0. The molecule has 0 fully saturated rings. The standard InChI is InChI=1S/C12H10O3.C11H8O4/c13-12(14)8-15-11-6-5-9-3-1-2-4-10(9)7-11;1-6-2-3-9-7(4-6)8(12)5-10(15-9)11(13)14/h1-7H,8H2,(H,13,14);2-5H,1H3,(H,13,14). The summed E-state index contributed by atoms with van der Waals surface area (Å²) >= 11 is 0. The van der Waals surface area contributed by atoms with Crippen molar-refractivity contribution >= 4 is 33.7 Å². The van der Waals surface area contributed by atoms with Gasteiger partial charge in [0.2, 0.25) is 5.76 Å². The van der Waals surface area contributed by atoms with Crippen molar-refractivity contribution in [3.63, 3.8) is 0 Å². The highest BCUT2D eigenvalue weighted by Crippen LogP contribution is 2.20. The maximum atomic E-state index is 11.5. The summed E-state index contributed by atoms with van der Waals surface area (Å²) in [6.07, 6.45) is 0. The molecule has 0 aliphatic rings. The third-order valence-corrected chi connectivity index (χ3v) is 4.18. The van der Waals surface area contributed by atoms with Crippen molar-refractivity contribution in [3.05, 3.63) is 88.3 Å². The second-order valence-electron chi connectivity index (χ2n) is 6.47. The number of carboxylic acid groups (broad SMARTS) is 2. The Morgan fingerprint density at radius 1 is 0.933 bits per heavy atom. The first kappa shape index (κ1) is 20.6. The lowest BCUT2D eigenvalue weighted by Crippen LogP contribution is -2.09. The topological polar surface area (TPSA) is 114 Å². The van der Waals surface area contributed by atoms with E-state index < -0.39 is 11.9 Å². The van der Waals surface area contributed by atoms with Gasteiger partial charge < -0.3 is 19.4 Å². The van der Waals surface area contributed by atoms with Crippen LogP contribution < -0.4 is 10.2 Å². The van der Waals surface area contributed by atoms with Crippen LogP contribution in [0.25, 0.3) is 21.7 Å². The zero-order chi connectivity index (χ0) is 21.7. The average Bonchev–Trinajstić information content (AvgIpc) is 2.73. The Hall–Kier alpha value is -4.13. The lowest BCUT2D eigenvalue weighted by molar-refractivity contribution is -0.139. The number of fused-ring (bicyclic) bond motifs is 2. The number of hydrogen-bond acceptors (Lipinski definition) is 5. The summed E-state index contributed by atoms with van der Waals surface area (Å²) in [5.41, 5.74) is 0.890. The van der Waals surface area contributed by atoms with Gasteiger partial charge in [0.1, 0.15) is 11.3 Å². The van der Waals surface area contributed by atoms with Gasteiger partial charge >= 0.3 is 11.9 Å². The summed E-state index contributed by atoms with van der Waals surface area (Å²) in [5, 5.41) is 19.7. The molecule has 0 radical (unpaired) electrons. The van der Waals surface area contributed by atoms with Crippen molar-refractivity contribution in [2.24, 2.45) is 0 Å². The molecule has 30 heavy (non-hydrogen) atoms. The van der Waals surface area contributed by atoms with Crippen LogP contribution in [0.5, 0.6) is 5.75 Å². The molecule has 0 spiro atoms. The molecule has 0 saturated carbocycles. The number of aromatic carboxylic acids is 1. The Morgan fingerprint density at radius 2 is 1.67 bits per heavy atom. The SMILES string of the molecule is Cc1ccc2oc(C(=O)O)cc(=O)c2c1.O=C(O)COc1ccc2ccccc2c1. The second-order valence-corrected chi connectivity index (χ2v) is 6.47. The first-order valence-electron chi connectivity index (χ1n) is 8.94. The van der Waals surface area contributed by atoms with Crippen LogP contribution in [0.4, 0.5) is 0 Å². The summed E-state index contributed by atoms with van der Waals surface area (Å²) in [5.74, 6) is -1.97. The molecule has 0 amide bonds. The number of benzene rings is 3. The molecule has 1 aromatic heterocycles. The number of carbonyl (C=O) groups is 2. The molecule has 0 bridgehead atoms. The van der Waals surface area contributed by atoms with Crippen LogP contribution in [0.15, 0.2) is 75.9 Å². The van der Waals surface area contributed by atoms with Gasteiger partial charge in [-0.05, 0) is 42.0 Å². The molecule has 0 saturated heterocycles. The average molecular weight is 406 g/mol. The fourth-order valence-electron chi connectivity index (χ4n) is 2.78. The maximum Gasteiger partial charge on any atom is 0.371 e. The van der Waals surface area contributed by atoms with Crippen LogP contribution >= 0.6 is 0 Å². The van der Waals surface area contributed by atoms with Crippen molar-refractivity contribution in [1.29, 1.82) is 0 Å². The quantitative estimate of drug-likeness (QED) is 0.524. The fraction of sp³-hybridized carbons (Fsp3) is 0.0870. The van der Waals surface area contributed by atoms with Crippen molar-refractivity contribution in [2.45, 2.75) is 6.92 Å². The van der Waals surface area contributed by atoms with Crippen LogP contribution in [0, 0.1) is 6.92 Å². The third kappa shape index (κ3) is 5.02. The molecule has 7 nitrogen and oxygen atoms in total. The van der Waals surface area contributed by atoms with E-state index in [0.717, 1.165) is 22.4 Å². The molecule has 0 atom stereocenters. The normalized spacial score (nSPS) is 10.3. The molecule has 0 aliphatic carbocycles. The van der Waals surface area contributed by atoms with Gasteiger partial charge in [-0.2, -0.15) is 0 Å². The van der Waals surface area contributed by atoms with Gasteiger partial charge in [0, 0.05) is 6.07 Å². The minimum absolute atomic E-state index is 0.297. The summed E-state index contributed by atoms with van der Waals surface area (Å²) < 4.78 is 10.1. The lowest BCUT2D eigenvalue weighted by atomic mass is 10.1. The van der Waals surface area contributed by atoms with Gasteiger partial charge in [0.15, 0.2) is 12.0 Å². The van der Waals surface area contributed by atoms with Crippen LogP contribution in [-0.4, -0.2) is 28.8 Å². The molecule has 4 rings (SSSR count). The third-order valence-electron chi connectivity index (χ3n) is 4.18. The largest absolute Gasteiger partial charge is 0.482 e. The minimum atomic E-state index is -1.24. The van der Waals surface area contributed by atoms with E-state index in [1.807, 2.05) is 43.3 Å². The van der Waals surface area contributed by atoms with E-state index >= 15 is 0 Å². The molecule has 1 heterocycles. The number of aliphatic carboxylic acids is 1. The van der Waals surface area contributed by atoms with Crippen LogP contribution in [0.3, 0.4) is 0 Å². The van der Waals surface area contributed by atoms with Crippen molar-refractivity contribution < 1.29 is 29.0 Å². The highest BCUT2D eigenvalue weighted by atomic mass is 16.5. The van der Waals surface area contributed by atoms with Crippen LogP contribution in [0.1, 0.15) is 16.1 Å². The Bertz CT molecular complexity index is 1290. The van der Waals surface area contributed by atoms with Crippen LogP contribution in [-0.2, 0) is 4.79 Å². The molecule has 0 unspecified atom stereocenters. The summed E-state index contributed by atoms with van der Waals surface area (Å²) in [6, 6.07) is 19.4. The zero-order valence-electron chi connectivity index (χ0n) is 16.0. The second kappa shape index (κ2) is 8.91. The minimum Gasteiger partial charge on any atom is -0.482 e. The number of hydrogen-bond donors (Lipinski definition) is 2. The lowest BCUT2D eigenvalue weighted by Gasteiger charge is -2.04. The molecule has 3 aromatic carbocycles. The summed E-state index contributed by atoms with van der Waals surface area (Å²) in [7, 11) is 0. The van der Waals surface area contributed by atoms with E-state index in [-0.39, 0.29) is 17.8 Å². The fourth-order valence-corrected chi connectivity index (χ4v) is 2.78. The van der Waals surface area contributed by atoms with Gasteiger partial charge in [-0.15, -0.1) is 0 Å². The van der Waals surface area contributed by atoms with E-state index in [1.165, 1.54) is 0 Å². The van der Waals surface area contributed by atoms with Gasteiger partial charge in [0.25, 0.3) is 0 Å². The van der Waals surface area contributed by atoms with Crippen molar-refractivity contribution in [3.8, 4) is 5.75 Å². The van der Waals surface area contributed by atoms with E-state index in [9.17, 15) is 14.4 Å². The van der Waals surface area contributed by atoms with E-state index in [2.05, 4.69) is 0 Å². The number of rotatable bonds is 4. The van der Waals surface area contributed by atoms with Gasteiger partial charge in [-0.3, -0.25) is 4.79 Å². The molecular formula is C23H18O7. The van der Waals surface area contributed by atoms with E-state index in [0.29, 0.717) is 16.7 Å². The Balaban J connectivity index is 0.000000171. The summed E-state index contributed by atoms with van der Waals surface area (Å²) in [4.78, 5) is 32.5. The number of ether oxygens (including phenoxy) is 1. The predicted octanol–water partition coefficient (Wildman–Crippen LogP) is 4.10. The molecule has 2 N–H and O–H groups in total. The molecule has 152 valence electrons. The Morgan fingerprint density at radius 3 is 2.37 bits per heavy atom. The van der Waals surface area contributed by atoms with Crippen molar-refractivity contribution in [1.82, 2.24) is 0 Å². The molecule has 4 aromatic rings. The monoisotopic (exact) mass is 406 g/mol. The predicted molar refractivity (Wildman–Crippen MR) is 111 cm³/mol. The summed E-state index contributed by atoms with van der Waals surface area (Å²) in [6.45, 7) is 1.54. The molecule has 0 aliphatic heterocycles. The van der Waals surface area contributed by atoms with Gasteiger partial charge in [0.05, 0.1) is 5.39 Å². The number of carboxylic acids is 2. The van der Waals surface area contributed by atoms with Gasteiger partial charge in [-0.1, -0.05) is 42.0 Å². The van der Waals surface area contributed by atoms with E-state index in [1.54, 1.807) is 24.3 Å². The van der Waals surface area contributed by atoms with E-state index in [4.69, 9.17) is 19.4 Å². The first-order valence-corrected chi connectivity index (χ1v) is 8.94. The van der Waals surface area contributed by atoms with Crippen molar-refractivity contribution in [2.75, 3.05) is 6.61 Å². The highest BCUT2D eigenvalue weighted by Gasteiger charge is 2.10. The molecule has 7 heteroatoms. The maximum absolute atomic E-state index is 11.5. The first-order chi connectivity index (χ1) is 14.3. The van der Waals surface area contributed by atoms with Gasteiger partial charge in [-0.25, -0.2) is 9.59 Å². The Labute approximate surface area is 170 Å². The Kier molecular flexibility index (Phi) is 6.12. The smallest absolute Gasteiger partial charge is 0.371 e. The van der Waals surface area contributed by atoms with Crippen LogP contribution in [0.2, 0.25) is 0 Å².